The lowest BCUT2D eigenvalue weighted by molar-refractivity contribution is -0.120. The number of carbonyl (C=O) groups excluding carboxylic acids is 2. The number of nitrogens with zero attached hydrogens (tertiary/aromatic N) is 4. The summed E-state index contributed by atoms with van der Waals surface area (Å²) in [7, 11) is 0. The van der Waals surface area contributed by atoms with Gasteiger partial charge in [0.25, 0.3) is 11.8 Å². The van der Waals surface area contributed by atoms with Gasteiger partial charge < -0.3 is 0 Å². The summed E-state index contributed by atoms with van der Waals surface area (Å²) in [5.74, 6) is -0.608. The number of thioether (sulfide) groups is 1. The molecule has 0 spiro atoms. The van der Waals surface area contributed by atoms with Gasteiger partial charge >= 0.3 is 0 Å². The molecule has 2 aromatic carbocycles. The van der Waals surface area contributed by atoms with E-state index in [0.717, 1.165) is 11.1 Å². The predicted octanol–water partition coefficient (Wildman–Crippen LogP) is 3.11. The largest absolute Gasteiger partial charge is 0.272 e. The van der Waals surface area contributed by atoms with E-state index in [-0.39, 0.29) is 11.8 Å². The monoisotopic (exact) mass is 374 g/mol. The van der Waals surface area contributed by atoms with Crippen molar-refractivity contribution in [1.82, 2.24) is 14.8 Å². The Hall–Kier alpha value is -3.19. The van der Waals surface area contributed by atoms with Gasteiger partial charge in [0.2, 0.25) is 0 Å². The predicted molar refractivity (Wildman–Crippen MR) is 101 cm³/mol. The summed E-state index contributed by atoms with van der Waals surface area (Å²) in [6.45, 7) is 1.93. The molecule has 2 amide bonds. The van der Waals surface area contributed by atoms with Crippen molar-refractivity contribution in [3.8, 4) is 0 Å². The third kappa shape index (κ3) is 2.35. The van der Waals surface area contributed by atoms with Gasteiger partial charge in [0.1, 0.15) is 12.4 Å². The van der Waals surface area contributed by atoms with Gasteiger partial charge in [0.05, 0.1) is 16.2 Å². The van der Waals surface area contributed by atoms with Crippen LogP contribution in [-0.2, 0) is 9.59 Å². The topological polar surface area (TPSA) is 68.1 Å². The average Bonchev–Trinajstić information content (AvgIpc) is 3.24. The second kappa shape index (κ2) is 5.92. The van der Waals surface area contributed by atoms with E-state index in [1.165, 1.54) is 23.0 Å². The third-order valence-corrected chi connectivity index (χ3v) is 5.78. The molecule has 2 aliphatic heterocycles. The number of aromatic nitrogens is 3. The molecule has 7 heteroatoms. The SMILES string of the molecule is Cc1cccc(N2C(=O)C3=C(C2=O)C(c2ccccc2)n2ncnc2S3)c1. The molecule has 3 heterocycles. The van der Waals surface area contributed by atoms with Crippen LogP contribution >= 0.6 is 11.8 Å². The number of aryl methyl sites for hydroxylation is 1. The lowest BCUT2D eigenvalue weighted by atomic mass is 9.98. The van der Waals surface area contributed by atoms with E-state index in [4.69, 9.17) is 0 Å². The zero-order valence-electron chi connectivity index (χ0n) is 14.4. The van der Waals surface area contributed by atoms with E-state index < -0.39 is 6.04 Å². The fraction of sp³-hybridized carbons (Fsp3) is 0.100. The van der Waals surface area contributed by atoms with Crippen LogP contribution in [0.3, 0.4) is 0 Å². The molecule has 0 saturated heterocycles. The molecule has 6 nitrogen and oxygen atoms in total. The third-order valence-electron chi connectivity index (χ3n) is 4.70. The second-order valence-corrected chi connectivity index (χ2v) is 7.41. The summed E-state index contributed by atoms with van der Waals surface area (Å²) in [4.78, 5) is 32.4. The molecule has 0 bridgehead atoms. The Morgan fingerprint density at radius 2 is 1.81 bits per heavy atom. The number of amides is 2. The van der Waals surface area contributed by atoms with Crippen molar-refractivity contribution in [1.29, 1.82) is 0 Å². The van der Waals surface area contributed by atoms with Gasteiger partial charge in [-0.2, -0.15) is 5.10 Å². The Morgan fingerprint density at radius 1 is 1.00 bits per heavy atom. The number of imide groups is 1. The quantitative estimate of drug-likeness (QED) is 0.645. The van der Waals surface area contributed by atoms with E-state index in [9.17, 15) is 9.59 Å². The number of carbonyl (C=O) groups is 2. The van der Waals surface area contributed by atoms with Crippen molar-refractivity contribution in [2.24, 2.45) is 0 Å². The minimum Gasteiger partial charge on any atom is -0.268 e. The molecule has 0 saturated carbocycles. The van der Waals surface area contributed by atoms with Gasteiger partial charge in [-0.1, -0.05) is 42.5 Å². The van der Waals surface area contributed by atoms with E-state index in [0.29, 0.717) is 21.3 Å². The molecular formula is C20H14N4O2S. The lowest BCUT2D eigenvalue weighted by Crippen LogP contribution is -2.32. The fourth-order valence-corrected chi connectivity index (χ4v) is 4.53. The molecule has 1 unspecified atom stereocenters. The highest BCUT2D eigenvalue weighted by Gasteiger charge is 2.47. The molecule has 3 aromatic rings. The maximum Gasteiger partial charge on any atom is 0.272 e. The molecule has 0 fully saturated rings. The summed E-state index contributed by atoms with van der Waals surface area (Å²) in [6, 6.07) is 16.5. The number of rotatable bonds is 2. The maximum atomic E-state index is 13.3. The van der Waals surface area contributed by atoms with Crippen molar-refractivity contribution in [2.75, 3.05) is 4.90 Å². The zero-order chi connectivity index (χ0) is 18.5. The fourth-order valence-electron chi connectivity index (χ4n) is 3.51. The Bertz CT molecular complexity index is 1120. The van der Waals surface area contributed by atoms with E-state index in [1.807, 2.05) is 55.5 Å². The van der Waals surface area contributed by atoms with Crippen LogP contribution in [0.4, 0.5) is 5.69 Å². The Labute approximate surface area is 159 Å². The minimum atomic E-state index is -0.466. The molecular weight excluding hydrogens is 360 g/mol. The number of fused-ring (bicyclic) bond motifs is 1. The summed E-state index contributed by atoms with van der Waals surface area (Å²) < 4.78 is 1.71. The molecule has 5 rings (SSSR count). The second-order valence-electron chi connectivity index (χ2n) is 6.43. The Morgan fingerprint density at radius 3 is 2.59 bits per heavy atom. The van der Waals surface area contributed by atoms with Crippen LogP contribution in [0.5, 0.6) is 0 Å². The normalized spacial score (nSPS) is 18.7. The molecule has 1 aromatic heterocycles. The average molecular weight is 374 g/mol. The van der Waals surface area contributed by atoms with Gasteiger partial charge in [0.15, 0.2) is 5.16 Å². The van der Waals surface area contributed by atoms with Crippen LogP contribution in [0.15, 0.2) is 76.6 Å². The summed E-state index contributed by atoms with van der Waals surface area (Å²) in [5, 5.41) is 4.92. The molecule has 0 N–H and O–H groups in total. The summed E-state index contributed by atoms with van der Waals surface area (Å²) in [6.07, 6.45) is 1.45. The van der Waals surface area contributed by atoms with E-state index >= 15 is 0 Å². The van der Waals surface area contributed by atoms with Crippen molar-refractivity contribution >= 4 is 29.3 Å². The van der Waals surface area contributed by atoms with Crippen LogP contribution in [-0.4, -0.2) is 26.6 Å². The standard InChI is InChI=1S/C20H14N4O2S/c1-12-6-5-9-14(10-12)23-18(25)15-16(13-7-3-2-4-8-13)24-20(21-11-22-24)27-17(15)19(23)26/h2-11,16H,1H3. The van der Waals surface area contributed by atoms with Crippen molar-refractivity contribution in [3.63, 3.8) is 0 Å². The highest BCUT2D eigenvalue weighted by atomic mass is 32.2. The number of anilines is 1. The summed E-state index contributed by atoms with van der Waals surface area (Å²) >= 11 is 1.20. The molecule has 1 atom stereocenters. The van der Waals surface area contributed by atoms with Crippen LogP contribution in [0.25, 0.3) is 0 Å². The van der Waals surface area contributed by atoms with Crippen LogP contribution in [0.1, 0.15) is 17.2 Å². The smallest absolute Gasteiger partial charge is 0.268 e. The van der Waals surface area contributed by atoms with Gasteiger partial charge in [-0.25, -0.2) is 14.6 Å². The number of benzene rings is 2. The van der Waals surface area contributed by atoms with Gasteiger partial charge in [-0.05, 0) is 41.9 Å². The number of hydrogen-bond donors (Lipinski definition) is 0. The van der Waals surface area contributed by atoms with Crippen molar-refractivity contribution in [3.05, 3.63) is 82.5 Å². The van der Waals surface area contributed by atoms with Gasteiger partial charge in [0, 0.05) is 0 Å². The molecule has 27 heavy (non-hydrogen) atoms. The first kappa shape index (κ1) is 16.0. The highest BCUT2D eigenvalue weighted by molar-refractivity contribution is 8.04. The van der Waals surface area contributed by atoms with Crippen molar-refractivity contribution < 1.29 is 9.59 Å². The van der Waals surface area contributed by atoms with Gasteiger partial charge in [-0.15, -0.1) is 0 Å². The van der Waals surface area contributed by atoms with Gasteiger partial charge in [-0.3, -0.25) is 9.59 Å². The summed E-state index contributed by atoms with van der Waals surface area (Å²) in [5.41, 5.74) is 2.91. The van der Waals surface area contributed by atoms with Crippen LogP contribution in [0.2, 0.25) is 0 Å². The first-order valence-corrected chi connectivity index (χ1v) is 9.29. The van der Waals surface area contributed by atoms with E-state index in [2.05, 4.69) is 10.1 Å². The molecule has 2 aliphatic rings. The molecule has 132 valence electrons. The maximum absolute atomic E-state index is 13.3. The lowest BCUT2D eigenvalue weighted by Gasteiger charge is -2.24. The Balaban J connectivity index is 1.67. The molecule has 0 radical (unpaired) electrons. The van der Waals surface area contributed by atoms with Crippen molar-refractivity contribution in [2.45, 2.75) is 18.1 Å². The molecule has 0 aliphatic carbocycles. The first-order valence-electron chi connectivity index (χ1n) is 8.47. The van der Waals surface area contributed by atoms with Crippen LogP contribution < -0.4 is 4.90 Å². The van der Waals surface area contributed by atoms with Crippen LogP contribution in [0, 0.1) is 6.92 Å². The first-order chi connectivity index (χ1) is 13.1. The van der Waals surface area contributed by atoms with E-state index in [1.54, 1.807) is 10.7 Å². The number of hydrogen-bond acceptors (Lipinski definition) is 5. The highest BCUT2D eigenvalue weighted by Crippen LogP contribution is 2.47. The zero-order valence-corrected chi connectivity index (χ0v) is 15.2. The minimum absolute atomic E-state index is 0.303. The Kier molecular flexibility index (Phi) is 3.51.